The molecule has 0 spiro atoms. The second kappa shape index (κ2) is 3.59. The number of hydrogen-bond acceptors (Lipinski definition) is 4. The Hall–Kier alpha value is -1.91. The van der Waals surface area contributed by atoms with E-state index in [1.165, 1.54) is 12.8 Å². The van der Waals surface area contributed by atoms with E-state index in [9.17, 15) is 4.79 Å². The van der Waals surface area contributed by atoms with Crippen molar-refractivity contribution < 1.29 is 4.74 Å². The van der Waals surface area contributed by atoms with Crippen LogP contribution in [0.4, 0.5) is 0 Å². The van der Waals surface area contributed by atoms with Crippen molar-refractivity contribution >= 4 is 10.9 Å². The molecule has 0 aromatic carbocycles. The van der Waals surface area contributed by atoms with E-state index in [2.05, 4.69) is 15.0 Å². The number of hydrogen-bond donors (Lipinski definition) is 1. The Morgan fingerprint density at radius 3 is 3.19 bits per heavy atom. The van der Waals surface area contributed by atoms with Gasteiger partial charge in [0, 0.05) is 6.20 Å². The van der Waals surface area contributed by atoms with Gasteiger partial charge in [-0.15, -0.1) is 0 Å². The number of aromatic nitrogens is 3. The summed E-state index contributed by atoms with van der Waals surface area (Å²) in [4.78, 5) is 22.4. The monoisotopic (exact) mass is 217 g/mol. The lowest BCUT2D eigenvalue weighted by Crippen LogP contribution is -2.12. The summed E-state index contributed by atoms with van der Waals surface area (Å²) < 4.78 is 5.42. The zero-order valence-electron chi connectivity index (χ0n) is 8.64. The van der Waals surface area contributed by atoms with Gasteiger partial charge in [-0.2, -0.15) is 4.98 Å². The molecule has 1 aliphatic rings. The molecule has 1 saturated carbocycles. The molecule has 1 N–H and O–H groups in total. The number of nitrogens with one attached hydrogen (secondary N) is 1. The van der Waals surface area contributed by atoms with Crippen LogP contribution in [0.5, 0.6) is 6.01 Å². The molecule has 0 bridgehead atoms. The minimum Gasteiger partial charge on any atom is -0.464 e. The number of aromatic amines is 1. The van der Waals surface area contributed by atoms with Crippen LogP contribution in [0.3, 0.4) is 0 Å². The molecule has 1 fully saturated rings. The Labute approximate surface area is 91.5 Å². The summed E-state index contributed by atoms with van der Waals surface area (Å²) in [6.45, 7) is 0.634. The van der Waals surface area contributed by atoms with Gasteiger partial charge in [-0.25, -0.2) is 0 Å². The first-order valence-electron chi connectivity index (χ1n) is 5.30. The van der Waals surface area contributed by atoms with Crippen LogP contribution in [0.2, 0.25) is 0 Å². The molecular formula is C11H11N3O2. The zero-order valence-corrected chi connectivity index (χ0v) is 8.64. The average Bonchev–Trinajstić information content (AvgIpc) is 3.10. The number of H-pyrrole nitrogens is 1. The van der Waals surface area contributed by atoms with Gasteiger partial charge < -0.3 is 4.74 Å². The smallest absolute Gasteiger partial charge is 0.297 e. The average molecular weight is 217 g/mol. The number of ether oxygens (including phenoxy) is 1. The third-order valence-electron chi connectivity index (χ3n) is 2.64. The molecule has 0 saturated heterocycles. The summed E-state index contributed by atoms with van der Waals surface area (Å²) in [6.07, 6.45) is 5.55. The van der Waals surface area contributed by atoms with Crippen molar-refractivity contribution in [3.8, 4) is 6.01 Å². The topological polar surface area (TPSA) is 67.9 Å². The van der Waals surface area contributed by atoms with E-state index in [4.69, 9.17) is 4.74 Å². The van der Waals surface area contributed by atoms with E-state index in [1.54, 1.807) is 18.5 Å². The van der Waals surface area contributed by atoms with Crippen LogP contribution in [0, 0.1) is 5.92 Å². The van der Waals surface area contributed by atoms with E-state index in [1.807, 2.05) is 0 Å². The highest BCUT2D eigenvalue weighted by Gasteiger charge is 2.22. The molecule has 2 aromatic heterocycles. The van der Waals surface area contributed by atoms with Gasteiger partial charge in [0.1, 0.15) is 0 Å². The summed E-state index contributed by atoms with van der Waals surface area (Å²) in [5.41, 5.74) is 0.384. The summed E-state index contributed by atoms with van der Waals surface area (Å²) in [6, 6.07) is 1.93. The van der Waals surface area contributed by atoms with Crippen LogP contribution < -0.4 is 10.3 Å². The van der Waals surface area contributed by atoms with Crippen LogP contribution >= 0.6 is 0 Å². The first-order chi connectivity index (χ1) is 7.83. The molecule has 5 heteroatoms. The van der Waals surface area contributed by atoms with Crippen molar-refractivity contribution in [1.82, 2.24) is 15.0 Å². The quantitative estimate of drug-likeness (QED) is 0.836. The molecular weight excluding hydrogens is 206 g/mol. The predicted octanol–water partition coefficient (Wildman–Crippen LogP) is 1.11. The van der Waals surface area contributed by atoms with Crippen molar-refractivity contribution in [3.63, 3.8) is 0 Å². The molecule has 2 heterocycles. The Morgan fingerprint density at radius 1 is 1.50 bits per heavy atom. The van der Waals surface area contributed by atoms with E-state index >= 15 is 0 Å². The molecule has 16 heavy (non-hydrogen) atoms. The largest absolute Gasteiger partial charge is 0.464 e. The van der Waals surface area contributed by atoms with Gasteiger partial charge in [0.2, 0.25) is 0 Å². The lowest BCUT2D eigenvalue weighted by Gasteiger charge is -2.04. The van der Waals surface area contributed by atoms with Crippen molar-refractivity contribution in [1.29, 1.82) is 0 Å². The van der Waals surface area contributed by atoms with Crippen LogP contribution in [0.25, 0.3) is 10.9 Å². The molecule has 5 nitrogen and oxygen atoms in total. The van der Waals surface area contributed by atoms with Crippen LogP contribution in [-0.2, 0) is 0 Å². The van der Waals surface area contributed by atoms with Gasteiger partial charge in [-0.1, -0.05) is 0 Å². The van der Waals surface area contributed by atoms with Crippen molar-refractivity contribution in [2.75, 3.05) is 6.61 Å². The van der Waals surface area contributed by atoms with Crippen molar-refractivity contribution in [2.24, 2.45) is 5.92 Å². The van der Waals surface area contributed by atoms with E-state index in [-0.39, 0.29) is 11.6 Å². The second-order valence-corrected chi connectivity index (χ2v) is 4.02. The van der Waals surface area contributed by atoms with Gasteiger partial charge in [-0.3, -0.25) is 14.8 Å². The normalized spacial score (nSPS) is 15.2. The Bertz CT molecular complexity index is 575. The zero-order chi connectivity index (χ0) is 11.0. The van der Waals surface area contributed by atoms with Gasteiger partial charge in [0.25, 0.3) is 11.6 Å². The summed E-state index contributed by atoms with van der Waals surface area (Å²) in [7, 11) is 0. The highest BCUT2D eigenvalue weighted by Crippen LogP contribution is 2.28. The summed E-state index contributed by atoms with van der Waals surface area (Å²) in [5, 5.41) is 0.536. The van der Waals surface area contributed by atoms with E-state index in [0.29, 0.717) is 23.4 Å². The Morgan fingerprint density at radius 2 is 2.38 bits per heavy atom. The Kier molecular flexibility index (Phi) is 2.09. The van der Waals surface area contributed by atoms with Gasteiger partial charge in [0.15, 0.2) is 0 Å². The van der Waals surface area contributed by atoms with E-state index < -0.39 is 0 Å². The predicted molar refractivity (Wildman–Crippen MR) is 58.4 cm³/mol. The molecule has 1 aliphatic carbocycles. The lowest BCUT2D eigenvalue weighted by atomic mass is 10.3. The molecule has 0 unspecified atom stereocenters. The highest BCUT2D eigenvalue weighted by molar-refractivity contribution is 5.76. The van der Waals surface area contributed by atoms with Crippen LogP contribution in [0.15, 0.2) is 23.3 Å². The number of rotatable bonds is 3. The fourth-order valence-corrected chi connectivity index (χ4v) is 1.52. The Balaban J connectivity index is 1.96. The van der Waals surface area contributed by atoms with Crippen LogP contribution in [-0.4, -0.2) is 21.6 Å². The first kappa shape index (κ1) is 9.33. The number of pyridine rings is 1. The fourth-order valence-electron chi connectivity index (χ4n) is 1.52. The van der Waals surface area contributed by atoms with Crippen molar-refractivity contribution in [3.05, 3.63) is 28.8 Å². The number of fused-ring (bicyclic) bond motifs is 1. The molecule has 0 atom stereocenters. The molecule has 82 valence electrons. The fraction of sp³-hybridized carbons (Fsp3) is 0.364. The maximum Gasteiger partial charge on any atom is 0.297 e. The lowest BCUT2D eigenvalue weighted by molar-refractivity contribution is 0.277. The highest BCUT2D eigenvalue weighted by atomic mass is 16.5. The second-order valence-electron chi connectivity index (χ2n) is 4.02. The van der Waals surface area contributed by atoms with Crippen LogP contribution in [0.1, 0.15) is 12.8 Å². The third kappa shape index (κ3) is 1.76. The first-order valence-corrected chi connectivity index (χ1v) is 5.30. The molecule has 0 aliphatic heterocycles. The van der Waals surface area contributed by atoms with Gasteiger partial charge in [-0.05, 0) is 24.8 Å². The SMILES string of the molecule is O=c1[nH]c(OCC2CC2)nc2cnccc12. The van der Waals surface area contributed by atoms with Gasteiger partial charge >= 0.3 is 0 Å². The molecule has 0 amide bonds. The molecule has 0 radical (unpaired) electrons. The number of nitrogens with zero attached hydrogens (tertiary/aromatic N) is 2. The third-order valence-corrected chi connectivity index (χ3v) is 2.64. The summed E-state index contributed by atoms with van der Waals surface area (Å²) in [5.74, 6) is 0.634. The minimum absolute atomic E-state index is 0.182. The molecule has 2 aromatic rings. The van der Waals surface area contributed by atoms with Crippen molar-refractivity contribution in [2.45, 2.75) is 12.8 Å². The minimum atomic E-state index is -0.182. The maximum atomic E-state index is 11.7. The van der Waals surface area contributed by atoms with Gasteiger partial charge in [0.05, 0.1) is 23.7 Å². The standard InChI is InChI=1S/C11H11N3O2/c15-10-8-3-4-12-5-9(8)13-11(14-10)16-6-7-1-2-7/h3-5,7H,1-2,6H2,(H,13,14,15). The van der Waals surface area contributed by atoms with E-state index in [0.717, 1.165) is 0 Å². The summed E-state index contributed by atoms with van der Waals surface area (Å²) >= 11 is 0. The molecule has 3 rings (SSSR count). The maximum absolute atomic E-state index is 11.7.